The van der Waals surface area contributed by atoms with Gasteiger partial charge >= 0.3 is 5.97 Å². The van der Waals surface area contributed by atoms with Crippen LogP contribution in [0.25, 0.3) is 0 Å². The van der Waals surface area contributed by atoms with E-state index in [0.29, 0.717) is 0 Å². The van der Waals surface area contributed by atoms with E-state index in [1.807, 2.05) is 24.3 Å². The van der Waals surface area contributed by atoms with Gasteiger partial charge < -0.3 is 20.1 Å². The molecule has 0 aromatic heterocycles. The number of benzene rings is 1. The van der Waals surface area contributed by atoms with Crippen LogP contribution < -0.4 is 10.2 Å². The smallest absolute Gasteiger partial charge is 0.329 e. The normalized spacial score (nSPS) is 14.3. The first-order chi connectivity index (χ1) is 9.66. The molecule has 0 spiro atoms. The van der Waals surface area contributed by atoms with Crippen LogP contribution in [0.4, 0.5) is 11.4 Å². The van der Waals surface area contributed by atoms with E-state index in [0.717, 1.165) is 37.3 Å². The van der Waals surface area contributed by atoms with Crippen LogP contribution in [0.1, 0.15) is 12.8 Å². The quantitative estimate of drug-likeness (QED) is 0.820. The third-order valence-electron chi connectivity index (χ3n) is 3.08. The summed E-state index contributed by atoms with van der Waals surface area (Å²) in [6.45, 7) is 1.24. The number of carboxylic acids is 1. The number of para-hydroxylation sites is 2. The van der Waals surface area contributed by atoms with Gasteiger partial charge in [0.15, 0.2) is 0 Å². The van der Waals surface area contributed by atoms with Crippen LogP contribution in [-0.2, 0) is 14.3 Å². The predicted molar refractivity (Wildman–Crippen MR) is 75.0 cm³/mol. The zero-order chi connectivity index (χ0) is 14.4. The first kappa shape index (κ1) is 14.3. The number of hydrogen-bond acceptors (Lipinski definition) is 4. The molecule has 0 unspecified atom stereocenters. The van der Waals surface area contributed by atoms with Gasteiger partial charge in [0.1, 0.15) is 13.2 Å². The highest BCUT2D eigenvalue weighted by Gasteiger charge is 2.16. The molecule has 1 heterocycles. The molecule has 0 aliphatic carbocycles. The number of carbonyl (C=O) groups excluding carboxylic acids is 1. The molecule has 1 aromatic rings. The van der Waals surface area contributed by atoms with E-state index >= 15 is 0 Å². The monoisotopic (exact) mass is 278 g/mol. The number of nitrogens with one attached hydrogen (secondary N) is 1. The lowest BCUT2D eigenvalue weighted by Crippen LogP contribution is -2.24. The zero-order valence-corrected chi connectivity index (χ0v) is 11.2. The topological polar surface area (TPSA) is 78.9 Å². The maximum Gasteiger partial charge on any atom is 0.329 e. The summed E-state index contributed by atoms with van der Waals surface area (Å²) in [6.07, 6.45) is 2.31. The standard InChI is InChI=1S/C14H18N2O4/c17-13(9-20-10-14(18)19)15-11-5-1-2-6-12(11)16-7-3-4-8-16/h1-2,5-6H,3-4,7-10H2,(H,15,17)(H,18,19). The van der Waals surface area contributed by atoms with Crippen LogP contribution in [0.3, 0.4) is 0 Å². The average molecular weight is 278 g/mol. The number of amides is 1. The number of aliphatic carboxylic acids is 1. The molecule has 1 saturated heterocycles. The number of hydrogen-bond donors (Lipinski definition) is 2. The molecule has 6 heteroatoms. The Kier molecular flexibility index (Phi) is 4.95. The molecule has 1 aliphatic heterocycles. The van der Waals surface area contributed by atoms with Crippen molar-refractivity contribution in [2.75, 3.05) is 36.5 Å². The Hall–Kier alpha value is -2.08. The van der Waals surface area contributed by atoms with Crippen molar-refractivity contribution in [1.82, 2.24) is 0 Å². The van der Waals surface area contributed by atoms with Gasteiger partial charge in [-0.25, -0.2) is 4.79 Å². The minimum absolute atomic E-state index is 0.263. The van der Waals surface area contributed by atoms with Crippen molar-refractivity contribution >= 4 is 23.3 Å². The van der Waals surface area contributed by atoms with Gasteiger partial charge in [-0.15, -0.1) is 0 Å². The van der Waals surface area contributed by atoms with Crippen molar-refractivity contribution < 1.29 is 19.4 Å². The average Bonchev–Trinajstić information content (AvgIpc) is 2.92. The van der Waals surface area contributed by atoms with Crippen LogP contribution >= 0.6 is 0 Å². The van der Waals surface area contributed by atoms with E-state index in [4.69, 9.17) is 9.84 Å². The Balaban J connectivity index is 1.94. The molecule has 6 nitrogen and oxygen atoms in total. The summed E-state index contributed by atoms with van der Waals surface area (Å²) in [6, 6.07) is 7.60. The van der Waals surface area contributed by atoms with Gasteiger partial charge in [0.2, 0.25) is 5.91 Å². The summed E-state index contributed by atoms with van der Waals surface area (Å²) in [7, 11) is 0. The molecular weight excluding hydrogens is 260 g/mol. The van der Waals surface area contributed by atoms with Gasteiger partial charge in [-0.3, -0.25) is 4.79 Å². The van der Waals surface area contributed by atoms with Gasteiger partial charge in [0.05, 0.1) is 11.4 Å². The fourth-order valence-electron chi connectivity index (χ4n) is 2.23. The van der Waals surface area contributed by atoms with Crippen LogP contribution in [0.2, 0.25) is 0 Å². The minimum atomic E-state index is -1.09. The molecule has 108 valence electrons. The van der Waals surface area contributed by atoms with Gasteiger partial charge in [-0.1, -0.05) is 12.1 Å². The summed E-state index contributed by atoms with van der Waals surface area (Å²) >= 11 is 0. The summed E-state index contributed by atoms with van der Waals surface area (Å²) in [5, 5.41) is 11.2. The Morgan fingerprint density at radius 1 is 1.20 bits per heavy atom. The highest BCUT2D eigenvalue weighted by Crippen LogP contribution is 2.28. The first-order valence-electron chi connectivity index (χ1n) is 6.60. The third kappa shape index (κ3) is 3.96. The zero-order valence-electron chi connectivity index (χ0n) is 11.2. The van der Waals surface area contributed by atoms with Crippen LogP contribution in [-0.4, -0.2) is 43.3 Å². The SMILES string of the molecule is O=C(O)COCC(=O)Nc1ccccc1N1CCCC1. The lowest BCUT2D eigenvalue weighted by atomic mass is 10.2. The van der Waals surface area contributed by atoms with Crippen LogP contribution in [0.5, 0.6) is 0 Å². The van der Waals surface area contributed by atoms with Crippen molar-refractivity contribution in [2.45, 2.75) is 12.8 Å². The van der Waals surface area contributed by atoms with Crippen molar-refractivity contribution in [3.05, 3.63) is 24.3 Å². The van der Waals surface area contributed by atoms with E-state index in [-0.39, 0.29) is 12.5 Å². The van der Waals surface area contributed by atoms with Gasteiger partial charge in [0, 0.05) is 13.1 Å². The van der Waals surface area contributed by atoms with E-state index in [9.17, 15) is 9.59 Å². The molecule has 0 radical (unpaired) electrons. The summed E-state index contributed by atoms with van der Waals surface area (Å²) < 4.78 is 4.77. The second kappa shape index (κ2) is 6.91. The molecule has 0 bridgehead atoms. The maximum absolute atomic E-state index is 11.7. The molecule has 1 aliphatic rings. The number of nitrogens with zero attached hydrogens (tertiary/aromatic N) is 1. The molecule has 1 amide bonds. The lowest BCUT2D eigenvalue weighted by molar-refractivity contribution is -0.143. The fraction of sp³-hybridized carbons (Fsp3) is 0.429. The first-order valence-corrected chi connectivity index (χ1v) is 6.60. The fourth-order valence-corrected chi connectivity index (χ4v) is 2.23. The summed E-state index contributed by atoms with van der Waals surface area (Å²) in [5.74, 6) is -1.44. The molecule has 20 heavy (non-hydrogen) atoms. The van der Waals surface area contributed by atoms with Crippen molar-refractivity contribution in [3.63, 3.8) is 0 Å². The highest BCUT2D eigenvalue weighted by molar-refractivity contribution is 5.95. The second-order valence-electron chi connectivity index (χ2n) is 4.65. The summed E-state index contributed by atoms with van der Waals surface area (Å²) in [5.41, 5.74) is 1.73. The molecule has 0 atom stereocenters. The van der Waals surface area contributed by atoms with Gasteiger partial charge in [-0.05, 0) is 25.0 Å². The van der Waals surface area contributed by atoms with Gasteiger partial charge in [-0.2, -0.15) is 0 Å². The maximum atomic E-state index is 11.7. The van der Waals surface area contributed by atoms with Gasteiger partial charge in [0.25, 0.3) is 0 Å². The van der Waals surface area contributed by atoms with Crippen molar-refractivity contribution in [3.8, 4) is 0 Å². The number of rotatable bonds is 6. The molecule has 1 fully saturated rings. The van der Waals surface area contributed by atoms with E-state index in [1.165, 1.54) is 0 Å². The Morgan fingerprint density at radius 3 is 2.60 bits per heavy atom. The van der Waals surface area contributed by atoms with Crippen molar-refractivity contribution in [2.24, 2.45) is 0 Å². The molecule has 0 saturated carbocycles. The number of ether oxygens (including phenoxy) is 1. The highest BCUT2D eigenvalue weighted by atomic mass is 16.5. The summed E-state index contributed by atoms with van der Waals surface area (Å²) in [4.78, 5) is 24.2. The number of carbonyl (C=O) groups is 2. The number of anilines is 2. The van der Waals surface area contributed by atoms with E-state index < -0.39 is 12.6 Å². The largest absolute Gasteiger partial charge is 0.480 e. The molecule has 2 rings (SSSR count). The molecule has 1 aromatic carbocycles. The van der Waals surface area contributed by atoms with Crippen LogP contribution in [0, 0.1) is 0 Å². The van der Waals surface area contributed by atoms with Crippen LogP contribution in [0.15, 0.2) is 24.3 Å². The van der Waals surface area contributed by atoms with E-state index in [2.05, 4.69) is 10.2 Å². The second-order valence-corrected chi connectivity index (χ2v) is 4.65. The van der Waals surface area contributed by atoms with E-state index in [1.54, 1.807) is 0 Å². The predicted octanol–water partition coefficient (Wildman–Crippen LogP) is 1.33. The number of carboxylic acid groups (broad SMARTS) is 1. The van der Waals surface area contributed by atoms with Crippen molar-refractivity contribution in [1.29, 1.82) is 0 Å². The minimum Gasteiger partial charge on any atom is -0.480 e. The Morgan fingerprint density at radius 2 is 1.90 bits per heavy atom. The third-order valence-corrected chi connectivity index (χ3v) is 3.08. The molecular formula is C14H18N2O4. The Labute approximate surface area is 117 Å². The lowest BCUT2D eigenvalue weighted by Gasteiger charge is -2.21. The Bertz CT molecular complexity index is 484. The molecule has 2 N–H and O–H groups in total.